The van der Waals surface area contributed by atoms with Crippen molar-refractivity contribution in [2.75, 3.05) is 20.3 Å². The van der Waals surface area contributed by atoms with Gasteiger partial charge in [0.1, 0.15) is 48.3 Å². The molecule has 4 heterocycles. The average Bonchev–Trinajstić information content (AvgIpc) is 3.53. The average molecular weight is 709 g/mol. The number of hydrogen-bond donors (Lipinski definition) is 5. The SMILES string of the molecule is CO[C@H]1[C@H](O)[C@H](O[C@H]2CC[C@@]3(C)[C@@H](C2)C[C@@H]2O[C@]24[C@@H]3CC[C@]2(C)[C@H](C3=CC(=O)OC3)CC[C@]42O)O[C@@H](C)[C@@H]1O[C@@H]1O[C@H](CO)[C@@H](O)C(=O)[C@H]1O. The molecule has 0 radical (unpaired) electrons. The third-order valence-electron chi connectivity index (χ3n) is 14.6. The van der Waals surface area contributed by atoms with E-state index in [9.17, 15) is 35.1 Å². The minimum absolute atomic E-state index is 0.0498. The van der Waals surface area contributed by atoms with E-state index in [0.29, 0.717) is 13.0 Å². The number of ketones is 1. The Hall–Kier alpha value is -1.56. The maximum absolute atomic E-state index is 12.7. The van der Waals surface area contributed by atoms with Gasteiger partial charge in [0, 0.05) is 18.6 Å². The minimum Gasteiger partial charge on any atom is -0.458 e. The lowest BCUT2D eigenvalue weighted by molar-refractivity contribution is -0.347. The predicted molar refractivity (Wildman–Crippen MR) is 169 cm³/mol. The molecule has 0 unspecified atom stereocenters. The van der Waals surface area contributed by atoms with Gasteiger partial charge >= 0.3 is 5.97 Å². The quantitative estimate of drug-likeness (QED) is 0.137. The first kappa shape index (κ1) is 35.5. The van der Waals surface area contributed by atoms with Gasteiger partial charge in [-0.15, -0.1) is 0 Å². The van der Waals surface area contributed by atoms with Crippen molar-refractivity contribution in [3.63, 3.8) is 0 Å². The van der Waals surface area contributed by atoms with E-state index in [2.05, 4.69) is 13.8 Å². The Kier molecular flexibility index (Phi) is 8.68. The van der Waals surface area contributed by atoms with E-state index in [1.807, 2.05) is 0 Å². The molecule has 280 valence electrons. The highest BCUT2D eigenvalue weighted by Gasteiger charge is 2.84. The second kappa shape index (κ2) is 12.2. The maximum Gasteiger partial charge on any atom is 0.331 e. The van der Waals surface area contributed by atoms with Crippen LogP contribution in [0.25, 0.3) is 0 Å². The topological polar surface area (TPSA) is 203 Å². The zero-order valence-electron chi connectivity index (χ0n) is 29.1. The second-order valence-corrected chi connectivity index (χ2v) is 16.7. The highest BCUT2D eigenvalue weighted by atomic mass is 16.7. The van der Waals surface area contributed by atoms with E-state index in [1.165, 1.54) is 7.11 Å². The lowest BCUT2D eigenvalue weighted by Gasteiger charge is -2.62. The van der Waals surface area contributed by atoms with E-state index in [-0.39, 0.29) is 41.3 Å². The van der Waals surface area contributed by atoms with Crippen molar-refractivity contribution < 1.29 is 68.3 Å². The van der Waals surface area contributed by atoms with Crippen LogP contribution in [-0.4, -0.2) is 136 Å². The van der Waals surface area contributed by atoms with Crippen LogP contribution in [0.4, 0.5) is 0 Å². The zero-order valence-corrected chi connectivity index (χ0v) is 29.1. The van der Waals surface area contributed by atoms with Crippen LogP contribution < -0.4 is 0 Å². The largest absolute Gasteiger partial charge is 0.458 e. The smallest absolute Gasteiger partial charge is 0.331 e. The first-order chi connectivity index (χ1) is 23.7. The third kappa shape index (κ3) is 4.86. The molecule has 14 nitrogen and oxygen atoms in total. The second-order valence-electron chi connectivity index (χ2n) is 16.7. The fourth-order valence-electron chi connectivity index (χ4n) is 11.9. The number of epoxide rings is 1. The number of rotatable bonds is 7. The molecular weight excluding hydrogens is 656 g/mol. The molecule has 4 aliphatic heterocycles. The fraction of sp³-hybridized carbons (Fsp3) is 0.889. The molecule has 8 rings (SSSR count). The van der Waals surface area contributed by atoms with E-state index in [1.54, 1.807) is 13.0 Å². The zero-order chi connectivity index (χ0) is 35.5. The summed E-state index contributed by atoms with van der Waals surface area (Å²) in [5.41, 5.74) is -1.05. The molecule has 14 heteroatoms. The van der Waals surface area contributed by atoms with Gasteiger partial charge < -0.3 is 58.7 Å². The Morgan fingerprint density at radius 1 is 0.940 bits per heavy atom. The lowest BCUT2D eigenvalue weighted by atomic mass is 9.43. The van der Waals surface area contributed by atoms with Gasteiger partial charge in [-0.3, -0.25) is 4.79 Å². The summed E-state index contributed by atoms with van der Waals surface area (Å²) in [5.74, 6) is -0.665. The Labute approximate surface area is 291 Å². The number of esters is 1. The van der Waals surface area contributed by atoms with Crippen molar-refractivity contribution in [1.82, 2.24) is 0 Å². The van der Waals surface area contributed by atoms with Crippen molar-refractivity contribution >= 4 is 11.8 Å². The molecule has 8 aliphatic rings. The third-order valence-corrected chi connectivity index (χ3v) is 14.6. The van der Waals surface area contributed by atoms with Crippen LogP contribution in [0, 0.1) is 28.6 Å². The van der Waals surface area contributed by atoms with Crippen LogP contribution in [0.3, 0.4) is 0 Å². The van der Waals surface area contributed by atoms with E-state index < -0.39 is 84.3 Å². The standard InChI is InChI=1S/C36H52O14/c1-16-29(49-31-27(41)26(40)25(39)21(14-37)48-31)30(44-4)28(42)32(46-16)47-19-5-8-33(2)18(12-19)13-23-36(50-23)22(33)7-9-34(3)20(6-10-35(34,36)43)17-11-24(38)45-15-17/h11,16,18-23,25,27-32,37,39,41-43H,5-10,12-15H2,1-4H3/t16-,18-,19-,20-,21+,22+,23-,25+,27+,28-,29-,30-,31-,32-,33-,34+,35+,36+/m0/s1. The van der Waals surface area contributed by atoms with Crippen LogP contribution >= 0.6 is 0 Å². The lowest BCUT2D eigenvalue weighted by Crippen LogP contribution is -2.68. The van der Waals surface area contributed by atoms with Gasteiger partial charge in [-0.05, 0) is 87.0 Å². The van der Waals surface area contributed by atoms with Crippen LogP contribution in [0.2, 0.25) is 0 Å². The summed E-state index contributed by atoms with van der Waals surface area (Å²) in [4.78, 5) is 24.3. The molecule has 0 aromatic carbocycles. The van der Waals surface area contributed by atoms with Gasteiger partial charge in [-0.25, -0.2) is 4.79 Å². The highest BCUT2D eigenvalue weighted by Crippen LogP contribution is 2.77. The molecule has 7 fully saturated rings. The van der Waals surface area contributed by atoms with Gasteiger partial charge in [0.05, 0.1) is 24.9 Å². The number of ether oxygens (including phenoxy) is 7. The van der Waals surface area contributed by atoms with Crippen LogP contribution in [0.5, 0.6) is 0 Å². The molecule has 0 amide bonds. The van der Waals surface area contributed by atoms with Crippen molar-refractivity contribution in [3.05, 3.63) is 11.6 Å². The van der Waals surface area contributed by atoms with E-state index >= 15 is 0 Å². The monoisotopic (exact) mass is 708 g/mol. The summed E-state index contributed by atoms with van der Waals surface area (Å²) in [7, 11) is 1.41. The van der Waals surface area contributed by atoms with Crippen molar-refractivity contribution in [3.8, 4) is 0 Å². The number of cyclic esters (lactones) is 1. The summed E-state index contributed by atoms with van der Waals surface area (Å²) < 4.78 is 41.6. The van der Waals surface area contributed by atoms with Crippen LogP contribution in [0.15, 0.2) is 11.6 Å². The molecule has 50 heavy (non-hydrogen) atoms. The Morgan fingerprint density at radius 2 is 1.72 bits per heavy atom. The number of fused-ring (bicyclic) bond motifs is 3. The Morgan fingerprint density at radius 3 is 2.42 bits per heavy atom. The maximum atomic E-state index is 12.7. The highest BCUT2D eigenvalue weighted by molar-refractivity contribution is 5.88. The predicted octanol–water partition coefficient (Wildman–Crippen LogP) is 0.274. The van der Waals surface area contributed by atoms with Gasteiger partial charge in [-0.1, -0.05) is 13.8 Å². The Bertz CT molecular complexity index is 1410. The molecule has 0 bridgehead atoms. The molecule has 18 atom stereocenters. The minimum atomic E-state index is -1.80. The molecule has 5 N–H and O–H groups in total. The normalized spacial score (nSPS) is 55.7. The van der Waals surface area contributed by atoms with Crippen molar-refractivity contribution in [2.24, 2.45) is 28.6 Å². The van der Waals surface area contributed by atoms with Crippen LogP contribution in [0.1, 0.15) is 72.1 Å². The Balaban J connectivity index is 0.934. The summed E-state index contributed by atoms with van der Waals surface area (Å²) in [6.45, 7) is 5.91. The van der Waals surface area contributed by atoms with Crippen molar-refractivity contribution in [2.45, 2.75) is 151 Å². The van der Waals surface area contributed by atoms with E-state index in [0.717, 1.165) is 50.5 Å². The van der Waals surface area contributed by atoms with E-state index in [4.69, 9.17) is 33.2 Å². The summed E-state index contributed by atoms with van der Waals surface area (Å²) in [5, 5.41) is 54.0. The molecular formula is C36H52O14. The first-order valence-electron chi connectivity index (χ1n) is 18.3. The van der Waals surface area contributed by atoms with Crippen molar-refractivity contribution in [1.29, 1.82) is 0 Å². The number of hydrogen-bond acceptors (Lipinski definition) is 14. The molecule has 1 spiro atoms. The number of aliphatic hydroxyl groups excluding tert-OH is 4. The summed E-state index contributed by atoms with van der Waals surface area (Å²) >= 11 is 0. The molecule has 4 saturated carbocycles. The molecule has 3 saturated heterocycles. The summed E-state index contributed by atoms with van der Waals surface area (Å²) in [6.07, 6.45) is -3.42. The number of carbonyl (C=O) groups excluding carboxylic acids is 2. The number of carbonyl (C=O) groups is 2. The van der Waals surface area contributed by atoms with Gasteiger partial charge in [0.2, 0.25) is 0 Å². The molecule has 0 aromatic heterocycles. The van der Waals surface area contributed by atoms with Gasteiger partial charge in [0.25, 0.3) is 0 Å². The van der Waals surface area contributed by atoms with Gasteiger partial charge in [0.15, 0.2) is 24.5 Å². The van der Waals surface area contributed by atoms with Gasteiger partial charge in [-0.2, -0.15) is 0 Å². The summed E-state index contributed by atoms with van der Waals surface area (Å²) in [6, 6.07) is 0. The molecule has 0 aromatic rings. The number of Topliss-reactive ketones (excluding diaryl/α,β-unsaturated/α-hetero) is 1. The number of aliphatic hydroxyl groups is 5. The first-order valence-corrected chi connectivity index (χ1v) is 18.3. The van der Waals surface area contributed by atoms with Crippen LogP contribution in [-0.2, 0) is 42.7 Å². The fourth-order valence-corrected chi connectivity index (χ4v) is 11.9. The number of methoxy groups -OCH3 is 1. The molecule has 4 aliphatic carbocycles.